The lowest BCUT2D eigenvalue weighted by Gasteiger charge is -2.08. The summed E-state index contributed by atoms with van der Waals surface area (Å²) in [5.74, 6) is 0.978. The largest absolute Gasteiger partial charge is 0.324 e. The van der Waals surface area contributed by atoms with Gasteiger partial charge in [0.05, 0.1) is 21.5 Å². The Bertz CT molecular complexity index is 675. The number of carbonyl (C=O) groups is 1. The number of hydrogen-bond donors (Lipinski definition) is 1. The Balaban J connectivity index is 1.99. The first kappa shape index (κ1) is 17.1. The number of carbonyl (C=O) groups excluding carboxylic acids is 1. The first-order valence-electron chi connectivity index (χ1n) is 6.85. The molecule has 0 radical (unpaired) electrons. The highest BCUT2D eigenvalue weighted by molar-refractivity contribution is 7.99. The predicted octanol–water partition coefficient (Wildman–Crippen LogP) is 3.90. The average molecular weight is 359 g/mol. The van der Waals surface area contributed by atoms with Crippen molar-refractivity contribution in [2.75, 3.05) is 11.1 Å². The van der Waals surface area contributed by atoms with Crippen LogP contribution in [0.15, 0.2) is 23.4 Å². The summed E-state index contributed by atoms with van der Waals surface area (Å²) in [6, 6.07) is 5.11. The number of hydrogen-bond acceptors (Lipinski definition) is 4. The van der Waals surface area contributed by atoms with Crippen LogP contribution in [0.2, 0.25) is 10.0 Å². The molecule has 0 unspecified atom stereocenters. The Morgan fingerprint density at radius 2 is 2.09 bits per heavy atom. The molecule has 118 valence electrons. The van der Waals surface area contributed by atoms with E-state index in [1.807, 2.05) is 18.4 Å². The highest BCUT2D eigenvalue weighted by Gasteiger charge is 2.13. The second kappa shape index (κ2) is 7.85. The summed E-state index contributed by atoms with van der Waals surface area (Å²) in [4.78, 5) is 12.0. The molecule has 1 amide bonds. The zero-order chi connectivity index (χ0) is 16.1. The Morgan fingerprint density at radius 3 is 2.77 bits per heavy atom. The molecule has 0 spiro atoms. The van der Waals surface area contributed by atoms with Crippen molar-refractivity contribution in [2.45, 2.75) is 32.0 Å². The van der Waals surface area contributed by atoms with Crippen LogP contribution in [0, 0.1) is 0 Å². The van der Waals surface area contributed by atoms with E-state index in [1.54, 1.807) is 18.2 Å². The molecule has 1 N–H and O–H groups in total. The zero-order valence-corrected chi connectivity index (χ0v) is 14.6. The Labute approximate surface area is 143 Å². The van der Waals surface area contributed by atoms with E-state index >= 15 is 0 Å². The SMILES string of the molecule is CCc1nnc(SCC(=O)Nc2cccc(Cl)c2Cl)n1CC. The molecule has 2 rings (SSSR count). The van der Waals surface area contributed by atoms with Crippen LogP contribution in [0.1, 0.15) is 19.7 Å². The molecular weight excluding hydrogens is 343 g/mol. The summed E-state index contributed by atoms with van der Waals surface area (Å²) < 4.78 is 2.00. The number of benzene rings is 1. The van der Waals surface area contributed by atoms with Crippen molar-refractivity contribution in [3.8, 4) is 0 Å². The number of aromatic nitrogens is 3. The van der Waals surface area contributed by atoms with Gasteiger partial charge >= 0.3 is 0 Å². The van der Waals surface area contributed by atoms with Crippen molar-refractivity contribution in [1.82, 2.24) is 14.8 Å². The van der Waals surface area contributed by atoms with Crippen LogP contribution in [0.4, 0.5) is 5.69 Å². The van der Waals surface area contributed by atoms with Gasteiger partial charge in [0.15, 0.2) is 5.16 Å². The van der Waals surface area contributed by atoms with Gasteiger partial charge in [0.1, 0.15) is 5.82 Å². The van der Waals surface area contributed by atoms with Gasteiger partial charge in [-0.25, -0.2) is 0 Å². The van der Waals surface area contributed by atoms with Crippen LogP contribution in [0.3, 0.4) is 0 Å². The van der Waals surface area contributed by atoms with Crippen molar-refractivity contribution in [2.24, 2.45) is 0 Å². The molecule has 0 aliphatic rings. The number of nitrogens with zero attached hydrogens (tertiary/aromatic N) is 3. The van der Waals surface area contributed by atoms with Gasteiger partial charge in [-0.2, -0.15) is 0 Å². The molecule has 0 bridgehead atoms. The second-order valence-electron chi connectivity index (χ2n) is 4.43. The van der Waals surface area contributed by atoms with Crippen molar-refractivity contribution < 1.29 is 4.79 Å². The molecule has 5 nitrogen and oxygen atoms in total. The van der Waals surface area contributed by atoms with Gasteiger partial charge < -0.3 is 9.88 Å². The van der Waals surface area contributed by atoms with E-state index in [1.165, 1.54) is 11.8 Å². The Hall–Kier alpha value is -1.24. The molecule has 22 heavy (non-hydrogen) atoms. The number of anilines is 1. The molecule has 1 aromatic heterocycles. The van der Waals surface area contributed by atoms with Crippen LogP contribution in [0.5, 0.6) is 0 Å². The number of thioether (sulfide) groups is 1. The van der Waals surface area contributed by atoms with Crippen LogP contribution < -0.4 is 5.32 Å². The fraction of sp³-hybridized carbons (Fsp3) is 0.357. The number of amides is 1. The molecule has 0 aliphatic heterocycles. The van der Waals surface area contributed by atoms with Gasteiger partial charge in [-0.3, -0.25) is 4.79 Å². The maximum atomic E-state index is 12.0. The normalized spacial score (nSPS) is 10.7. The molecule has 0 saturated heterocycles. The first-order chi connectivity index (χ1) is 10.6. The van der Waals surface area contributed by atoms with E-state index in [2.05, 4.69) is 15.5 Å². The van der Waals surface area contributed by atoms with Gasteiger partial charge in [-0.05, 0) is 19.1 Å². The van der Waals surface area contributed by atoms with E-state index in [0.29, 0.717) is 15.7 Å². The minimum atomic E-state index is -0.169. The molecule has 0 aliphatic carbocycles. The molecule has 8 heteroatoms. The van der Waals surface area contributed by atoms with Crippen molar-refractivity contribution in [3.05, 3.63) is 34.1 Å². The van der Waals surface area contributed by atoms with E-state index in [0.717, 1.165) is 23.9 Å². The average Bonchev–Trinajstić information content (AvgIpc) is 2.91. The molecule has 1 aromatic carbocycles. The second-order valence-corrected chi connectivity index (χ2v) is 6.16. The maximum Gasteiger partial charge on any atom is 0.234 e. The number of aryl methyl sites for hydroxylation is 1. The maximum absolute atomic E-state index is 12.0. The summed E-state index contributed by atoms with van der Waals surface area (Å²) >= 11 is 13.3. The van der Waals surface area contributed by atoms with E-state index in [-0.39, 0.29) is 11.7 Å². The molecule has 0 fully saturated rings. The summed E-state index contributed by atoms with van der Waals surface area (Å²) in [6.45, 7) is 4.83. The predicted molar refractivity (Wildman–Crippen MR) is 90.9 cm³/mol. The summed E-state index contributed by atoms with van der Waals surface area (Å²) in [6.07, 6.45) is 0.811. The first-order valence-corrected chi connectivity index (χ1v) is 8.59. The van der Waals surface area contributed by atoms with Crippen molar-refractivity contribution >= 4 is 46.6 Å². The highest BCUT2D eigenvalue weighted by atomic mass is 35.5. The molecule has 1 heterocycles. The van der Waals surface area contributed by atoms with E-state index in [9.17, 15) is 4.79 Å². The van der Waals surface area contributed by atoms with E-state index in [4.69, 9.17) is 23.2 Å². The van der Waals surface area contributed by atoms with Gasteiger partial charge in [-0.1, -0.05) is 48.0 Å². The number of halogens is 2. The monoisotopic (exact) mass is 358 g/mol. The zero-order valence-electron chi connectivity index (χ0n) is 12.3. The highest BCUT2D eigenvalue weighted by Crippen LogP contribution is 2.29. The van der Waals surface area contributed by atoms with Gasteiger partial charge in [0, 0.05) is 13.0 Å². The fourth-order valence-electron chi connectivity index (χ4n) is 1.92. The van der Waals surface area contributed by atoms with Crippen LogP contribution in [-0.2, 0) is 17.8 Å². The Morgan fingerprint density at radius 1 is 1.32 bits per heavy atom. The van der Waals surface area contributed by atoms with Gasteiger partial charge in [0.2, 0.25) is 5.91 Å². The van der Waals surface area contributed by atoms with E-state index < -0.39 is 0 Å². The van der Waals surface area contributed by atoms with Crippen LogP contribution in [-0.4, -0.2) is 26.4 Å². The Kier molecular flexibility index (Phi) is 6.11. The van der Waals surface area contributed by atoms with Gasteiger partial charge in [0.25, 0.3) is 0 Å². The van der Waals surface area contributed by atoms with Crippen LogP contribution in [0.25, 0.3) is 0 Å². The lowest BCUT2D eigenvalue weighted by atomic mass is 10.3. The lowest BCUT2D eigenvalue weighted by Crippen LogP contribution is -2.15. The quantitative estimate of drug-likeness (QED) is 0.795. The third-order valence-electron chi connectivity index (χ3n) is 2.98. The van der Waals surface area contributed by atoms with Crippen LogP contribution >= 0.6 is 35.0 Å². The summed E-state index contributed by atoms with van der Waals surface area (Å²) in [7, 11) is 0. The van der Waals surface area contributed by atoms with Gasteiger partial charge in [-0.15, -0.1) is 10.2 Å². The minimum Gasteiger partial charge on any atom is -0.324 e. The lowest BCUT2D eigenvalue weighted by molar-refractivity contribution is -0.113. The minimum absolute atomic E-state index is 0.169. The fourth-order valence-corrected chi connectivity index (χ4v) is 3.09. The van der Waals surface area contributed by atoms with Crippen molar-refractivity contribution in [3.63, 3.8) is 0 Å². The molecule has 2 aromatic rings. The molecular formula is C14H16Cl2N4OS. The summed E-state index contributed by atoms with van der Waals surface area (Å²) in [5, 5.41) is 12.5. The topological polar surface area (TPSA) is 59.8 Å². The summed E-state index contributed by atoms with van der Waals surface area (Å²) in [5.41, 5.74) is 0.506. The third-order valence-corrected chi connectivity index (χ3v) is 4.77. The standard InChI is InChI=1S/C14H16Cl2N4OS/c1-3-11-18-19-14(20(11)4-2)22-8-12(21)17-10-7-5-6-9(15)13(10)16/h5-7H,3-4,8H2,1-2H3,(H,17,21). The molecule has 0 saturated carbocycles. The smallest absolute Gasteiger partial charge is 0.234 e. The number of rotatable bonds is 6. The third kappa shape index (κ3) is 3.94. The molecule has 0 atom stereocenters. The van der Waals surface area contributed by atoms with Crippen molar-refractivity contribution in [1.29, 1.82) is 0 Å². The number of nitrogens with one attached hydrogen (secondary N) is 1.